The zero-order chi connectivity index (χ0) is 17.3. The van der Waals surface area contributed by atoms with Gasteiger partial charge in [-0.15, -0.1) is 0 Å². The molecule has 0 spiro atoms. The number of fused-ring (bicyclic) bond motifs is 1. The van der Waals surface area contributed by atoms with Crippen LogP contribution in [0.25, 0.3) is 11.0 Å². The van der Waals surface area contributed by atoms with Crippen molar-refractivity contribution in [1.82, 2.24) is 14.9 Å². The number of hydrogen-bond donors (Lipinski definition) is 1. The monoisotopic (exact) mass is 333 g/mol. The first-order valence-electron chi connectivity index (χ1n) is 8.49. The highest BCUT2D eigenvalue weighted by molar-refractivity contribution is 5.80. The molecular weight excluding hydrogens is 314 g/mol. The summed E-state index contributed by atoms with van der Waals surface area (Å²) in [5, 5.41) is 3.17. The van der Waals surface area contributed by atoms with Crippen molar-refractivity contribution < 1.29 is 4.79 Å². The van der Waals surface area contributed by atoms with Crippen molar-refractivity contribution in [3.05, 3.63) is 76.7 Å². The van der Waals surface area contributed by atoms with Crippen molar-refractivity contribution in [2.75, 3.05) is 0 Å². The summed E-state index contributed by atoms with van der Waals surface area (Å²) in [6.07, 6.45) is 4.21. The lowest BCUT2D eigenvalue weighted by atomic mass is 9.72. The molecule has 1 heterocycles. The second-order valence-corrected chi connectivity index (χ2v) is 6.52. The number of aromatic nitrogens is 2. The molecule has 5 nitrogen and oxygen atoms in total. The molecular formula is C20H19N3O2. The molecule has 0 aliphatic heterocycles. The van der Waals surface area contributed by atoms with Gasteiger partial charge in [0, 0.05) is 0 Å². The predicted molar refractivity (Wildman–Crippen MR) is 96.1 cm³/mol. The number of nitrogens with one attached hydrogen (secondary N) is 1. The molecule has 2 aromatic carbocycles. The van der Waals surface area contributed by atoms with Crippen molar-refractivity contribution in [3.8, 4) is 0 Å². The van der Waals surface area contributed by atoms with Crippen LogP contribution < -0.4 is 10.9 Å². The lowest BCUT2D eigenvalue weighted by Crippen LogP contribution is -2.52. The molecule has 1 N–H and O–H groups in total. The molecule has 0 radical (unpaired) electrons. The van der Waals surface area contributed by atoms with Crippen LogP contribution in [0.2, 0.25) is 0 Å². The van der Waals surface area contributed by atoms with Crippen molar-refractivity contribution in [1.29, 1.82) is 0 Å². The minimum absolute atomic E-state index is 0.00352. The molecule has 0 bridgehead atoms. The zero-order valence-electron chi connectivity index (χ0n) is 13.8. The van der Waals surface area contributed by atoms with Crippen molar-refractivity contribution in [3.63, 3.8) is 0 Å². The number of carbonyl (C=O) groups is 1. The predicted octanol–water partition coefficient (Wildman–Crippen LogP) is 2.59. The van der Waals surface area contributed by atoms with Gasteiger partial charge < -0.3 is 5.32 Å². The molecule has 1 aromatic heterocycles. The van der Waals surface area contributed by atoms with E-state index in [4.69, 9.17) is 0 Å². The minimum Gasteiger partial charge on any atom is -0.345 e. The maximum absolute atomic E-state index is 12.7. The second-order valence-electron chi connectivity index (χ2n) is 6.52. The van der Waals surface area contributed by atoms with Crippen LogP contribution in [0.5, 0.6) is 0 Å². The summed E-state index contributed by atoms with van der Waals surface area (Å²) >= 11 is 0. The quantitative estimate of drug-likeness (QED) is 0.798. The lowest BCUT2D eigenvalue weighted by Gasteiger charge is -2.43. The van der Waals surface area contributed by atoms with Crippen LogP contribution in [0.3, 0.4) is 0 Å². The van der Waals surface area contributed by atoms with Crippen LogP contribution in [-0.2, 0) is 16.9 Å². The van der Waals surface area contributed by atoms with Gasteiger partial charge in [-0.25, -0.2) is 4.98 Å². The standard InChI is InChI=1S/C20H19N3O2/c24-18(22-20(11-6-12-20)15-7-2-1-3-8-15)14-23-17-10-5-4-9-16(17)21-13-19(23)25/h1-5,7-10,13H,6,11-12,14H2,(H,22,24). The number of benzene rings is 2. The first-order valence-corrected chi connectivity index (χ1v) is 8.49. The molecule has 1 amide bonds. The lowest BCUT2D eigenvalue weighted by molar-refractivity contribution is -0.124. The van der Waals surface area contributed by atoms with Gasteiger partial charge in [-0.05, 0) is 37.0 Å². The summed E-state index contributed by atoms with van der Waals surface area (Å²) in [4.78, 5) is 29.0. The van der Waals surface area contributed by atoms with Crippen LogP contribution in [0, 0.1) is 0 Å². The first-order chi connectivity index (χ1) is 12.2. The van der Waals surface area contributed by atoms with Crippen LogP contribution in [-0.4, -0.2) is 15.5 Å². The number of carbonyl (C=O) groups excluding carboxylic acids is 1. The van der Waals surface area contributed by atoms with E-state index >= 15 is 0 Å². The Morgan fingerprint density at radius 3 is 2.52 bits per heavy atom. The molecule has 126 valence electrons. The second kappa shape index (κ2) is 6.16. The SMILES string of the molecule is O=C(Cn1c(=O)cnc2ccccc21)NC1(c2ccccc2)CCC1. The molecule has 0 unspecified atom stereocenters. The molecule has 0 atom stereocenters. The Balaban J connectivity index is 1.61. The van der Waals surface area contributed by atoms with E-state index in [-0.39, 0.29) is 23.6 Å². The Hall–Kier alpha value is -2.95. The Labute approximate surface area is 145 Å². The normalized spacial score (nSPS) is 15.5. The van der Waals surface area contributed by atoms with Gasteiger partial charge in [0.2, 0.25) is 5.91 Å². The summed E-state index contributed by atoms with van der Waals surface area (Å²) in [5.41, 5.74) is 1.94. The van der Waals surface area contributed by atoms with Crippen molar-refractivity contribution in [2.45, 2.75) is 31.3 Å². The van der Waals surface area contributed by atoms with Gasteiger partial charge in [-0.1, -0.05) is 42.5 Å². The third kappa shape index (κ3) is 2.82. The average Bonchev–Trinajstić information content (AvgIpc) is 2.61. The maximum Gasteiger partial charge on any atom is 0.269 e. The summed E-state index contributed by atoms with van der Waals surface area (Å²) in [6.45, 7) is -0.00352. The number of nitrogens with zero attached hydrogens (tertiary/aromatic N) is 2. The van der Waals surface area contributed by atoms with E-state index < -0.39 is 0 Å². The fourth-order valence-corrected chi connectivity index (χ4v) is 3.50. The van der Waals surface area contributed by atoms with Gasteiger partial charge in [0.1, 0.15) is 6.54 Å². The van der Waals surface area contributed by atoms with Crippen LogP contribution >= 0.6 is 0 Å². The van der Waals surface area contributed by atoms with Gasteiger partial charge in [0.25, 0.3) is 5.56 Å². The first kappa shape index (κ1) is 15.6. The fraction of sp³-hybridized carbons (Fsp3) is 0.250. The molecule has 4 rings (SSSR count). The van der Waals surface area contributed by atoms with Gasteiger partial charge in [-0.2, -0.15) is 0 Å². The van der Waals surface area contributed by atoms with Crippen LogP contribution in [0.4, 0.5) is 0 Å². The highest BCUT2D eigenvalue weighted by Gasteiger charge is 2.39. The van der Waals surface area contributed by atoms with Crippen LogP contribution in [0.1, 0.15) is 24.8 Å². The van der Waals surface area contributed by atoms with Gasteiger partial charge in [-0.3, -0.25) is 14.2 Å². The van der Waals surface area contributed by atoms with E-state index in [1.54, 1.807) is 0 Å². The molecule has 5 heteroatoms. The van der Waals surface area contributed by atoms with Crippen molar-refractivity contribution >= 4 is 16.9 Å². The third-order valence-electron chi connectivity index (χ3n) is 4.97. The summed E-state index contributed by atoms with van der Waals surface area (Å²) in [6, 6.07) is 17.4. The largest absolute Gasteiger partial charge is 0.345 e. The molecule has 25 heavy (non-hydrogen) atoms. The van der Waals surface area contributed by atoms with Gasteiger partial charge in [0.15, 0.2) is 0 Å². The van der Waals surface area contributed by atoms with E-state index in [0.29, 0.717) is 11.0 Å². The Bertz CT molecular complexity index is 975. The molecule has 0 saturated heterocycles. The zero-order valence-corrected chi connectivity index (χ0v) is 13.8. The van der Waals surface area contributed by atoms with E-state index in [2.05, 4.69) is 10.3 Å². The maximum atomic E-state index is 12.7. The Kier molecular flexibility index (Phi) is 3.84. The fourth-order valence-electron chi connectivity index (χ4n) is 3.50. The third-order valence-corrected chi connectivity index (χ3v) is 4.97. The van der Waals surface area contributed by atoms with E-state index in [1.165, 1.54) is 10.8 Å². The molecule has 1 aliphatic rings. The number of rotatable bonds is 4. The van der Waals surface area contributed by atoms with E-state index in [9.17, 15) is 9.59 Å². The Morgan fingerprint density at radius 2 is 1.80 bits per heavy atom. The smallest absolute Gasteiger partial charge is 0.269 e. The average molecular weight is 333 g/mol. The van der Waals surface area contributed by atoms with Gasteiger partial charge in [0.05, 0.1) is 22.8 Å². The van der Waals surface area contributed by atoms with E-state index in [0.717, 1.165) is 24.8 Å². The number of hydrogen-bond acceptors (Lipinski definition) is 3. The summed E-state index contributed by atoms with van der Waals surface area (Å²) in [5.74, 6) is -0.151. The van der Waals surface area contributed by atoms with Crippen LogP contribution in [0.15, 0.2) is 65.6 Å². The molecule has 1 aliphatic carbocycles. The van der Waals surface area contributed by atoms with Gasteiger partial charge >= 0.3 is 0 Å². The minimum atomic E-state index is -0.301. The summed E-state index contributed by atoms with van der Waals surface area (Å²) < 4.78 is 1.48. The molecule has 1 saturated carbocycles. The van der Waals surface area contributed by atoms with Crippen molar-refractivity contribution in [2.24, 2.45) is 0 Å². The highest BCUT2D eigenvalue weighted by Crippen LogP contribution is 2.41. The highest BCUT2D eigenvalue weighted by atomic mass is 16.2. The molecule has 3 aromatic rings. The number of amides is 1. The summed E-state index contributed by atoms with van der Waals surface area (Å²) in [7, 11) is 0. The topological polar surface area (TPSA) is 64.0 Å². The molecule has 1 fully saturated rings. The number of para-hydroxylation sites is 2. The van der Waals surface area contributed by atoms with E-state index in [1.807, 2.05) is 54.6 Å². The Morgan fingerprint density at radius 1 is 1.08 bits per heavy atom.